The van der Waals surface area contributed by atoms with Crippen molar-refractivity contribution in [1.29, 1.82) is 0 Å². The summed E-state index contributed by atoms with van der Waals surface area (Å²) < 4.78 is 16.7. The van der Waals surface area contributed by atoms with Gasteiger partial charge in [0.15, 0.2) is 5.11 Å². The van der Waals surface area contributed by atoms with E-state index in [1.165, 1.54) is 0 Å². The lowest BCUT2D eigenvalue weighted by molar-refractivity contribution is 0.376. The molecule has 0 fully saturated rings. The van der Waals surface area contributed by atoms with E-state index in [1.807, 2.05) is 60.7 Å². The zero-order valence-corrected chi connectivity index (χ0v) is 21.6. The monoisotopic (exact) mass is 513 g/mol. The zero-order valence-electron chi connectivity index (χ0n) is 20.8. The standard InChI is InChI=1S/C29H27N3O4S/c1-34-25-16-15-19(18-9-4-5-10-20(18)25)23-17-22(28-24(33)12-8-14-27(28)36-3)31-32(23)29(37)30-21-11-6-7-13-26(21)35-2/h4-16,23,33H,17H2,1-3H3,(H,30,37). The summed E-state index contributed by atoms with van der Waals surface area (Å²) in [5, 5.41) is 23.2. The Morgan fingerprint density at radius 1 is 0.838 bits per heavy atom. The van der Waals surface area contributed by atoms with Gasteiger partial charge in [0, 0.05) is 11.8 Å². The fourth-order valence-corrected chi connectivity index (χ4v) is 5.03. The second-order valence-electron chi connectivity index (χ2n) is 8.50. The van der Waals surface area contributed by atoms with Gasteiger partial charge in [-0.1, -0.05) is 48.5 Å². The first-order chi connectivity index (χ1) is 18.0. The molecule has 5 rings (SSSR count). The lowest BCUT2D eigenvalue weighted by atomic mass is 9.93. The molecule has 0 spiro atoms. The van der Waals surface area contributed by atoms with Crippen LogP contribution in [0.25, 0.3) is 10.8 Å². The maximum atomic E-state index is 10.7. The Morgan fingerprint density at radius 3 is 2.27 bits per heavy atom. The molecule has 0 radical (unpaired) electrons. The van der Waals surface area contributed by atoms with Gasteiger partial charge in [-0.15, -0.1) is 0 Å². The molecule has 4 aromatic rings. The topological polar surface area (TPSA) is 75.6 Å². The molecule has 0 bridgehead atoms. The maximum absolute atomic E-state index is 10.7. The summed E-state index contributed by atoms with van der Waals surface area (Å²) in [5.41, 5.74) is 2.99. The summed E-state index contributed by atoms with van der Waals surface area (Å²) in [7, 11) is 4.86. The predicted octanol–water partition coefficient (Wildman–Crippen LogP) is 6.12. The van der Waals surface area contributed by atoms with Crippen molar-refractivity contribution in [2.45, 2.75) is 12.5 Å². The van der Waals surface area contributed by atoms with Gasteiger partial charge >= 0.3 is 0 Å². The number of phenolic OH excluding ortho intramolecular Hbond substituents is 1. The first kappa shape index (κ1) is 24.4. The van der Waals surface area contributed by atoms with Crippen LogP contribution in [-0.2, 0) is 0 Å². The van der Waals surface area contributed by atoms with Gasteiger partial charge in [-0.3, -0.25) is 0 Å². The smallest absolute Gasteiger partial charge is 0.194 e. The van der Waals surface area contributed by atoms with Crippen molar-refractivity contribution in [3.05, 3.63) is 90.0 Å². The molecule has 0 aromatic heterocycles. The summed E-state index contributed by atoms with van der Waals surface area (Å²) in [5.74, 6) is 2.11. The lowest BCUT2D eigenvalue weighted by Gasteiger charge is -2.26. The Labute approximate surface area is 220 Å². The summed E-state index contributed by atoms with van der Waals surface area (Å²) in [6.45, 7) is 0. The molecule has 0 aliphatic carbocycles. The van der Waals surface area contributed by atoms with E-state index < -0.39 is 0 Å². The van der Waals surface area contributed by atoms with E-state index in [0.717, 1.165) is 27.8 Å². The molecule has 1 atom stereocenters. The van der Waals surface area contributed by atoms with Crippen molar-refractivity contribution in [3.8, 4) is 23.0 Å². The number of fused-ring (bicyclic) bond motifs is 1. The highest BCUT2D eigenvalue weighted by Crippen LogP contribution is 2.42. The van der Waals surface area contributed by atoms with Crippen molar-refractivity contribution < 1.29 is 19.3 Å². The summed E-state index contributed by atoms with van der Waals surface area (Å²) in [6, 6.07) is 24.6. The van der Waals surface area contributed by atoms with Crippen LogP contribution in [0.2, 0.25) is 0 Å². The summed E-state index contributed by atoms with van der Waals surface area (Å²) >= 11 is 5.88. The molecule has 8 heteroatoms. The van der Waals surface area contributed by atoms with Gasteiger partial charge in [0.25, 0.3) is 0 Å². The predicted molar refractivity (Wildman–Crippen MR) is 150 cm³/mol. The number of thiocarbonyl (C=S) groups is 1. The van der Waals surface area contributed by atoms with E-state index in [0.29, 0.717) is 34.3 Å². The normalized spacial score (nSPS) is 14.8. The number of methoxy groups -OCH3 is 3. The van der Waals surface area contributed by atoms with Crippen molar-refractivity contribution in [2.24, 2.45) is 5.10 Å². The zero-order chi connectivity index (χ0) is 25.9. The van der Waals surface area contributed by atoms with Crippen LogP contribution in [0.3, 0.4) is 0 Å². The Hall–Kier alpha value is -4.30. The van der Waals surface area contributed by atoms with Gasteiger partial charge in [-0.2, -0.15) is 5.10 Å². The third kappa shape index (κ3) is 4.51. The third-order valence-corrected chi connectivity index (χ3v) is 6.77. The molecule has 1 heterocycles. The van der Waals surface area contributed by atoms with Gasteiger partial charge in [0.2, 0.25) is 0 Å². The Kier molecular flexibility index (Phi) is 6.83. The maximum Gasteiger partial charge on any atom is 0.194 e. The number of benzene rings is 4. The largest absolute Gasteiger partial charge is 0.507 e. The lowest BCUT2D eigenvalue weighted by Crippen LogP contribution is -2.31. The minimum Gasteiger partial charge on any atom is -0.507 e. The average molecular weight is 514 g/mol. The molecule has 1 aliphatic heterocycles. The van der Waals surface area contributed by atoms with E-state index in [2.05, 4.69) is 11.4 Å². The number of ether oxygens (including phenoxy) is 3. The van der Waals surface area contributed by atoms with E-state index >= 15 is 0 Å². The molecular weight excluding hydrogens is 486 g/mol. The fraction of sp³-hybridized carbons (Fsp3) is 0.172. The minimum atomic E-state index is -0.246. The number of hydrazone groups is 1. The van der Waals surface area contributed by atoms with Crippen LogP contribution < -0.4 is 19.5 Å². The number of nitrogens with one attached hydrogen (secondary N) is 1. The highest BCUT2D eigenvalue weighted by molar-refractivity contribution is 7.80. The number of hydrogen-bond donors (Lipinski definition) is 2. The van der Waals surface area contributed by atoms with Crippen LogP contribution >= 0.6 is 12.2 Å². The van der Waals surface area contributed by atoms with Gasteiger partial charge in [0.1, 0.15) is 23.0 Å². The van der Waals surface area contributed by atoms with Crippen LogP contribution in [0.15, 0.2) is 84.0 Å². The molecule has 188 valence electrons. The first-order valence-corrected chi connectivity index (χ1v) is 12.2. The van der Waals surface area contributed by atoms with E-state index in [4.69, 9.17) is 31.5 Å². The minimum absolute atomic E-state index is 0.0990. The molecule has 1 aliphatic rings. The Balaban J connectivity index is 1.62. The molecular formula is C29H27N3O4S. The molecule has 1 unspecified atom stereocenters. The summed E-state index contributed by atoms with van der Waals surface area (Å²) in [4.78, 5) is 0. The second-order valence-corrected chi connectivity index (χ2v) is 8.89. The number of rotatable bonds is 6. The molecule has 0 amide bonds. The van der Waals surface area contributed by atoms with Crippen molar-refractivity contribution in [3.63, 3.8) is 0 Å². The fourth-order valence-electron chi connectivity index (χ4n) is 4.75. The second kappa shape index (κ2) is 10.4. The van der Waals surface area contributed by atoms with Gasteiger partial charge in [-0.05, 0) is 53.5 Å². The molecule has 7 nitrogen and oxygen atoms in total. The molecule has 2 N–H and O–H groups in total. The van der Waals surface area contributed by atoms with Gasteiger partial charge in [-0.25, -0.2) is 5.01 Å². The number of nitrogens with zero attached hydrogens (tertiary/aromatic N) is 2. The van der Waals surface area contributed by atoms with Crippen molar-refractivity contribution >= 4 is 39.5 Å². The number of para-hydroxylation sites is 2. The third-order valence-electron chi connectivity index (χ3n) is 6.48. The quantitative estimate of drug-likeness (QED) is 0.301. The Bertz CT molecular complexity index is 1500. The van der Waals surface area contributed by atoms with Crippen LogP contribution in [0.1, 0.15) is 23.6 Å². The molecule has 0 saturated carbocycles. The van der Waals surface area contributed by atoms with Crippen molar-refractivity contribution in [2.75, 3.05) is 26.6 Å². The van der Waals surface area contributed by atoms with Crippen LogP contribution in [0, 0.1) is 0 Å². The van der Waals surface area contributed by atoms with Crippen LogP contribution in [0.5, 0.6) is 23.0 Å². The average Bonchev–Trinajstić information content (AvgIpc) is 3.37. The van der Waals surface area contributed by atoms with Crippen molar-refractivity contribution in [1.82, 2.24) is 5.01 Å². The SMILES string of the molecule is COc1ccccc1NC(=S)N1N=C(c2c(O)cccc2OC)CC1c1ccc(OC)c2ccccc12. The van der Waals surface area contributed by atoms with Gasteiger partial charge < -0.3 is 24.6 Å². The molecule has 37 heavy (non-hydrogen) atoms. The number of aromatic hydroxyl groups is 1. The Morgan fingerprint density at radius 2 is 1.51 bits per heavy atom. The number of anilines is 1. The molecule has 0 saturated heterocycles. The van der Waals surface area contributed by atoms with E-state index in [9.17, 15) is 5.11 Å². The molecule has 4 aromatic carbocycles. The van der Waals surface area contributed by atoms with E-state index in [-0.39, 0.29) is 11.8 Å². The number of phenols is 1. The van der Waals surface area contributed by atoms with Crippen LogP contribution in [-0.4, -0.2) is 42.3 Å². The highest BCUT2D eigenvalue weighted by Gasteiger charge is 2.35. The highest BCUT2D eigenvalue weighted by atomic mass is 32.1. The number of hydrogen-bond acceptors (Lipinski definition) is 6. The van der Waals surface area contributed by atoms with Gasteiger partial charge in [0.05, 0.1) is 44.3 Å². The summed E-state index contributed by atoms with van der Waals surface area (Å²) in [6.07, 6.45) is 0.498. The first-order valence-electron chi connectivity index (χ1n) is 11.8. The van der Waals surface area contributed by atoms with Crippen LogP contribution in [0.4, 0.5) is 5.69 Å². The van der Waals surface area contributed by atoms with E-state index in [1.54, 1.807) is 38.5 Å².